The average molecular weight is 222 g/mol. The second-order valence-corrected chi connectivity index (χ2v) is 2.59. The van der Waals surface area contributed by atoms with Crippen LogP contribution in [0.4, 0.5) is 11.4 Å². The van der Waals surface area contributed by atoms with Crippen molar-refractivity contribution in [3.63, 3.8) is 0 Å². The zero-order valence-corrected chi connectivity index (χ0v) is 7.13. The van der Waals surface area contributed by atoms with Gasteiger partial charge in [-0.1, -0.05) is 0 Å². The van der Waals surface area contributed by atoms with Gasteiger partial charge < -0.3 is 5.11 Å². The molecule has 0 fully saturated rings. The molecule has 0 aromatic heterocycles. The fourth-order valence-electron chi connectivity index (χ4n) is 1.05. The number of phenolic OH excluding ortho intramolecular Hbond substituents is 1. The van der Waals surface area contributed by atoms with Gasteiger partial charge in [0.05, 0.1) is 15.4 Å². The van der Waals surface area contributed by atoms with Crippen molar-refractivity contribution in [1.29, 1.82) is 0 Å². The Morgan fingerprint density at radius 1 is 1.20 bits per heavy atom. The van der Waals surface area contributed by atoms with Gasteiger partial charge in [0.1, 0.15) is 5.75 Å². The van der Waals surface area contributed by atoms with Gasteiger partial charge >= 0.3 is 40.9 Å². The van der Waals surface area contributed by atoms with Crippen molar-refractivity contribution in [1.82, 2.24) is 0 Å². The minimum absolute atomic E-state index is 0. The molecular formula is C7H7N2NaO5. The molecular weight excluding hydrogens is 215 g/mol. The van der Waals surface area contributed by atoms with Crippen LogP contribution in [-0.4, -0.2) is 44.5 Å². The van der Waals surface area contributed by atoms with E-state index in [-0.39, 0.29) is 40.9 Å². The number of nitro groups is 2. The molecule has 0 saturated heterocycles. The molecule has 0 bridgehead atoms. The van der Waals surface area contributed by atoms with Gasteiger partial charge in [-0.15, -0.1) is 0 Å². The Morgan fingerprint density at radius 3 is 2.13 bits per heavy atom. The summed E-state index contributed by atoms with van der Waals surface area (Å²) in [4.78, 5) is 19.2. The number of phenols is 1. The second kappa shape index (κ2) is 5.06. The molecule has 1 aromatic rings. The summed E-state index contributed by atoms with van der Waals surface area (Å²) >= 11 is 0. The standard InChI is InChI=1S/C7H6N2O5.Na.H/c1-4-6(10)3-2-5(8(11)12)7(4)9(13)14;;/h2-3,10H,1H3;;. The van der Waals surface area contributed by atoms with E-state index >= 15 is 0 Å². The summed E-state index contributed by atoms with van der Waals surface area (Å²) < 4.78 is 0. The molecule has 0 aliphatic carbocycles. The summed E-state index contributed by atoms with van der Waals surface area (Å²) in [5, 5.41) is 30.0. The molecule has 1 N–H and O–H groups in total. The van der Waals surface area contributed by atoms with E-state index in [0.717, 1.165) is 12.1 Å². The van der Waals surface area contributed by atoms with Crippen molar-refractivity contribution in [3.8, 4) is 5.75 Å². The number of nitrogens with zero attached hydrogens (tertiary/aromatic N) is 2. The molecule has 0 aliphatic rings. The maximum atomic E-state index is 10.5. The molecule has 0 heterocycles. The molecule has 0 aliphatic heterocycles. The summed E-state index contributed by atoms with van der Waals surface area (Å²) in [5.41, 5.74) is -1.40. The SMILES string of the molecule is Cc1c(O)ccc([N+](=O)[O-])c1[N+](=O)[O-].[NaH]. The van der Waals surface area contributed by atoms with Crippen molar-refractivity contribution in [3.05, 3.63) is 37.9 Å². The molecule has 8 heteroatoms. The molecule has 76 valence electrons. The van der Waals surface area contributed by atoms with E-state index in [4.69, 9.17) is 5.11 Å². The van der Waals surface area contributed by atoms with Crippen LogP contribution in [0.25, 0.3) is 0 Å². The van der Waals surface area contributed by atoms with Crippen LogP contribution in [-0.2, 0) is 0 Å². The van der Waals surface area contributed by atoms with Crippen molar-refractivity contribution < 1.29 is 15.0 Å². The van der Waals surface area contributed by atoms with Crippen molar-refractivity contribution in [2.45, 2.75) is 6.92 Å². The number of hydrogen-bond donors (Lipinski definition) is 1. The Morgan fingerprint density at radius 2 is 1.73 bits per heavy atom. The van der Waals surface area contributed by atoms with Gasteiger partial charge in [0, 0.05) is 6.07 Å². The number of hydrogen-bond acceptors (Lipinski definition) is 5. The van der Waals surface area contributed by atoms with Gasteiger partial charge in [0.15, 0.2) is 0 Å². The fourth-order valence-corrected chi connectivity index (χ4v) is 1.05. The van der Waals surface area contributed by atoms with E-state index in [9.17, 15) is 20.2 Å². The minimum atomic E-state index is -0.882. The Balaban J connectivity index is 0.00000196. The number of rotatable bonds is 2. The zero-order chi connectivity index (χ0) is 10.9. The van der Waals surface area contributed by atoms with Crippen LogP contribution < -0.4 is 0 Å². The monoisotopic (exact) mass is 222 g/mol. The summed E-state index contributed by atoms with van der Waals surface area (Å²) in [6.07, 6.45) is 0. The van der Waals surface area contributed by atoms with Gasteiger partial charge in [-0.25, -0.2) is 0 Å². The molecule has 0 saturated carbocycles. The summed E-state index contributed by atoms with van der Waals surface area (Å²) in [6, 6.07) is 1.96. The molecule has 0 amide bonds. The third-order valence-electron chi connectivity index (χ3n) is 1.76. The topological polar surface area (TPSA) is 107 Å². The molecule has 0 atom stereocenters. The van der Waals surface area contributed by atoms with Crippen LogP contribution in [0.15, 0.2) is 12.1 Å². The van der Waals surface area contributed by atoms with E-state index in [1.807, 2.05) is 0 Å². The number of benzene rings is 1. The summed E-state index contributed by atoms with van der Waals surface area (Å²) in [7, 11) is 0. The first-order chi connectivity index (χ1) is 6.45. The molecule has 0 radical (unpaired) electrons. The molecule has 1 aromatic carbocycles. The van der Waals surface area contributed by atoms with Crippen LogP contribution >= 0.6 is 0 Å². The first-order valence-electron chi connectivity index (χ1n) is 3.56. The molecule has 15 heavy (non-hydrogen) atoms. The average Bonchev–Trinajstić information content (AvgIpc) is 2.08. The molecule has 0 unspecified atom stereocenters. The first kappa shape index (κ1) is 13.8. The number of aromatic hydroxyl groups is 1. The van der Waals surface area contributed by atoms with Gasteiger partial charge in [0.2, 0.25) is 0 Å². The van der Waals surface area contributed by atoms with Gasteiger partial charge in [0.25, 0.3) is 0 Å². The fraction of sp³-hybridized carbons (Fsp3) is 0.143. The maximum absolute atomic E-state index is 10.5. The summed E-state index contributed by atoms with van der Waals surface area (Å²) in [6.45, 7) is 1.25. The Kier molecular flexibility index (Phi) is 4.66. The van der Waals surface area contributed by atoms with Crippen LogP contribution in [0.1, 0.15) is 5.56 Å². The van der Waals surface area contributed by atoms with Gasteiger partial charge in [-0.2, -0.15) is 0 Å². The zero-order valence-electron chi connectivity index (χ0n) is 7.13. The Labute approximate surface area is 106 Å². The van der Waals surface area contributed by atoms with E-state index in [2.05, 4.69) is 0 Å². The molecule has 1 rings (SSSR count). The van der Waals surface area contributed by atoms with Crippen molar-refractivity contribution >= 4 is 40.9 Å². The van der Waals surface area contributed by atoms with E-state index < -0.39 is 21.2 Å². The molecule has 7 nitrogen and oxygen atoms in total. The number of nitro benzene ring substituents is 2. The van der Waals surface area contributed by atoms with Crippen LogP contribution in [0.2, 0.25) is 0 Å². The van der Waals surface area contributed by atoms with Crippen LogP contribution in [0.3, 0.4) is 0 Å². The predicted molar refractivity (Wildman–Crippen MR) is 53.3 cm³/mol. The third kappa shape index (κ3) is 2.65. The third-order valence-corrected chi connectivity index (χ3v) is 1.76. The second-order valence-electron chi connectivity index (χ2n) is 2.59. The molecule has 0 spiro atoms. The first-order valence-corrected chi connectivity index (χ1v) is 3.56. The quantitative estimate of drug-likeness (QED) is 0.453. The van der Waals surface area contributed by atoms with E-state index in [1.54, 1.807) is 0 Å². The summed E-state index contributed by atoms with van der Waals surface area (Å²) in [5.74, 6) is -0.331. The van der Waals surface area contributed by atoms with Crippen molar-refractivity contribution in [2.75, 3.05) is 0 Å². The van der Waals surface area contributed by atoms with E-state index in [0.29, 0.717) is 0 Å². The normalized spacial score (nSPS) is 9.13. The van der Waals surface area contributed by atoms with Crippen molar-refractivity contribution in [2.24, 2.45) is 0 Å². The van der Waals surface area contributed by atoms with E-state index in [1.165, 1.54) is 6.92 Å². The Bertz CT molecular complexity index is 420. The van der Waals surface area contributed by atoms with Gasteiger partial charge in [-0.05, 0) is 13.0 Å². The Hall–Kier alpha value is -1.18. The predicted octanol–water partition coefficient (Wildman–Crippen LogP) is 0.869. The van der Waals surface area contributed by atoms with Gasteiger partial charge in [-0.3, -0.25) is 20.2 Å². The van der Waals surface area contributed by atoms with Crippen LogP contribution in [0.5, 0.6) is 5.75 Å². The van der Waals surface area contributed by atoms with Crippen LogP contribution in [0, 0.1) is 27.2 Å².